The van der Waals surface area contributed by atoms with Gasteiger partial charge in [-0.15, -0.1) is 0 Å². The van der Waals surface area contributed by atoms with Crippen molar-refractivity contribution in [2.75, 3.05) is 65.9 Å². The Hall–Kier alpha value is -5.61. The molecule has 0 radical (unpaired) electrons. The van der Waals surface area contributed by atoms with Crippen molar-refractivity contribution >= 4 is 29.7 Å². The summed E-state index contributed by atoms with van der Waals surface area (Å²) in [6, 6.07) is 9.14. The van der Waals surface area contributed by atoms with Crippen molar-refractivity contribution in [1.29, 1.82) is 0 Å². The summed E-state index contributed by atoms with van der Waals surface area (Å²) in [5.74, 6) is -3.40. The van der Waals surface area contributed by atoms with Crippen LogP contribution in [0.3, 0.4) is 0 Å². The van der Waals surface area contributed by atoms with Crippen LogP contribution in [0.15, 0.2) is 60.7 Å². The average molecular weight is 903 g/mol. The molecule has 0 saturated carbocycles. The zero-order valence-electron chi connectivity index (χ0n) is 38.2. The Morgan fingerprint density at radius 2 is 1.03 bits per heavy atom. The molecule has 16 nitrogen and oxygen atoms in total. The van der Waals surface area contributed by atoms with E-state index in [-0.39, 0.29) is 51.6 Å². The number of aliphatic carboxylic acids is 2. The van der Waals surface area contributed by atoms with Gasteiger partial charge in [0.2, 0.25) is 25.4 Å². The molecule has 2 saturated heterocycles. The molecule has 6 rings (SSSR count). The van der Waals surface area contributed by atoms with E-state index >= 15 is 4.79 Å². The van der Waals surface area contributed by atoms with Gasteiger partial charge in [0.15, 0.2) is 23.0 Å². The molecule has 65 heavy (non-hydrogen) atoms. The Labute approximate surface area is 382 Å². The Morgan fingerprint density at radius 3 is 1.49 bits per heavy atom. The molecular weight excluding hydrogens is 837 g/mol. The van der Waals surface area contributed by atoms with Gasteiger partial charge in [0.05, 0.1) is 25.0 Å². The lowest BCUT2D eigenvalue weighted by Gasteiger charge is -2.31. The smallest absolute Gasteiger partial charge is 0.328 e. The Morgan fingerprint density at radius 1 is 0.615 bits per heavy atom. The lowest BCUT2D eigenvalue weighted by Crippen LogP contribution is -2.46. The van der Waals surface area contributed by atoms with Crippen molar-refractivity contribution in [1.82, 2.24) is 19.6 Å². The highest BCUT2D eigenvalue weighted by molar-refractivity contribution is 5.83. The van der Waals surface area contributed by atoms with Crippen molar-refractivity contribution in [2.24, 2.45) is 5.92 Å². The van der Waals surface area contributed by atoms with E-state index in [0.717, 1.165) is 69.1 Å². The van der Waals surface area contributed by atoms with Gasteiger partial charge in [0, 0.05) is 69.3 Å². The molecule has 2 N–H and O–H groups in total. The fourth-order valence-corrected chi connectivity index (χ4v) is 9.28. The van der Waals surface area contributed by atoms with E-state index in [0.29, 0.717) is 54.7 Å². The minimum Gasteiger partial charge on any atom is -0.478 e. The highest BCUT2D eigenvalue weighted by Gasteiger charge is 2.51. The van der Waals surface area contributed by atoms with E-state index in [1.807, 2.05) is 43.9 Å². The third-order valence-electron chi connectivity index (χ3n) is 12.8. The van der Waals surface area contributed by atoms with Crippen LogP contribution in [0.25, 0.3) is 0 Å². The number of ether oxygens (including phenoxy) is 5. The molecule has 2 aromatic rings. The lowest BCUT2D eigenvalue weighted by molar-refractivity contribution is -0.156. The second-order valence-electron chi connectivity index (χ2n) is 17.3. The first-order valence-electron chi connectivity index (χ1n) is 23.3. The second kappa shape index (κ2) is 23.5. The molecule has 6 unspecified atom stereocenters. The zero-order chi connectivity index (χ0) is 46.5. The van der Waals surface area contributed by atoms with Gasteiger partial charge in [-0.3, -0.25) is 24.2 Å². The third-order valence-corrected chi connectivity index (χ3v) is 12.8. The molecule has 354 valence electrons. The first kappa shape index (κ1) is 48.8. The predicted octanol–water partition coefficient (Wildman–Crippen LogP) is 6.05. The molecule has 4 heterocycles. The Kier molecular flexibility index (Phi) is 17.7. The minimum atomic E-state index is -1.22. The van der Waals surface area contributed by atoms with Crippen LogP contribution in [0.1, 0.15) is 102 Å². The van der Waals surface area contributed by atoms with Crippen LogP contribution in [0.2, 0.25) is 0 Å². The number of amides is 2. The van der Waals surface area contributed by atoms with Gasteiger partial charge < -0.3 is 43.7 Å². The molecule has 0 aromatic heterocycles. The maximum Gasteiger partial charge on any atom is 0.328 e. The summed E-state index contributed by atoms with van der Waals surface area (Å²) in [5.41, 5.74) is 1.44. The molecule has 6 atom stereocenters. The Bertz CT molecular complexity index is 2020. The van der Waals surface area contributed by atoms with Gasteiger partial charge in [-0.2, -0.15) is 0 Å². The molecule has 0 bridgehead atoms. The van der Waals surface area contributed by atoms with E-state index in [1.165, 1.54) is 12.2 Å². The van der Waals surface area contributed by atoms with Crippen molar-refractivity contribution in [3.8, 4) is 23.0 Å². The molecule has 0 spiro atoms. The first-order chi connectivity index (χ1) is 31.5. The van der Waals surface area contributed by atoms with Crippen molar-refractivity contribution in [3.05, 3.63) is 71.8 Å². The summed E-state index contributed by atoms with van der Waals surface area (Å²) in [5, 5.41) is 19.9. The van der Waals surface area contributed by atoms with Gasteiger partial charge in [0.25, 0.3) is 0 Å². The van der Waals surface area contributed by atoms with E-state index in [2.05, 4.69) is 27.7 Å². The fourth-order valence-electron chi connectivity index (χ4n) is 9.28. The first-order valence-corrected chi connectivity index (χ1v) is 23.3. The highest BCUT2D eigenvalue weighted by Crippen LogP contribution is 2.45. The van der Waals surface area contributed by atoms with Crippen LogP contribution >= 0.6 is 0 Å². The fraction of sp³-hybridized carbons (Fsp3) is 0.571. The molecule has 2 fully saturated rings. The topological polar surface area (TPSA) is 185 Å². The largest absolute Gasteiger partial charge is 0.478 e. The molecule has 2 amide bonds. The predicted molar refractivity (Wildman–Crippen MR) is 241 cm³/mol. The number of carboxylic acids is 2. The molecule has 0 aliphatic carbocycles. The number of fused-ring (bicyclic) bond motifs is 2. The summed E-state index contributed by atoms with van der Waals surface area (Å²) in [6.45, 7) is 11.0. The van der Waals surface area contributed by atoms with Gasteiger partial charge in [-0.1, -0.05) is 77.7 Å². The van der Waals surface area contributed by atoms with Gasteiger partial charge in [-0.05, 0) is 61.1 Å². The number of likely N-dealkylation sites (tertiary alicyclic amines) is 2. The molecular formula is C49H66N4O12. The van der Waals surface area contributed by atoms with Crippen LogP contribution < -0.4 is 18.9 Å². The number of hydrogen-bond acceptors (Lipinski definition) is 12. The van der Waals surface area contributed by atoms with Gasteiger partial charge >= 0.3 is 17.9 Å². The van der Waals surface area contributed by atoms with Gasteiger partial charge in [-0.25, -0.2) is 9.59 Å². The summed E-state index contributed by atoms with van der Waals surface area (Å²) in [7, 11) is 0. The second-order valence-corrected chi connectivity index (χ2v) is 17.3. The van der Waals surface area contributed by atoms with Crippen LogP contribution in [-0.2, 0) is 28.7 Å². The van der Waals surface area contributed by atoms with Crippen LogP contribution in [0, 0.1) is 5.92 Å². The zero-order valence-corrected chi connectivity index (χ0v) is 38.2. The van der Waals surface area contributed by atoms with E-state index in [4.69, 9.17) is 23.7 Å². The normalized spacial score (nSPS) is 22.5. The van der Waals surface area contributed by atoms with Gasteiger partial charge in [0.1, 0.15) is 6.10 Å². The third kappa shape index (κ3) is 12.4. The number of esters is 1. The number of unbranched alkanes of at least 4 members (excludes halogenated alkanes) is 4. The summed E-state index contributed by atoms with van der Waals surface area (Å²) < 4.78 is 29.4. The van der Waals surface area contributed by atoms with Crippen molar-refractivity contribution in [3.63, 3.8) is 0 Å². The number of carbonyl (C=O) groups is 5. The van der Waals surface area contributed by atoms with E-state index in [9.17, 15) is 29.4 Å². The summed E-state index contributed by atoms with van der Waals surface area (Å²) >= 11 is 0. The Balaban J connectivity index is 1.41. The summed E-state index contributed by atoms with van der Waals surface area (Å²) in [6.07, 6.45) is 10.9. The van der Waals surface area contributed by atoms with E-state index < -0.39 is 53.8 Å². The van der Waals surface area contributed by atoms with Crippen LogP contribution in [0.5, 0.6) is 23.0 Å². The minimum absolute atomic E-state index is 0.0347. The number of rotatable bonds is 24. The number of benzene rings is 2. The van der Waals surface area contributed by atoms with Crippen molar-refractivity contribution < 1.29 is 57.9 Å². The molecule has 16 heteroatoms. The number of carbonyl (C=O) groups excluding carboxylic acids is 3. The standard InChI is InChI=1S/C49H66N4O12/c1-5-9-21-50(22-10-6-2)43(54)29-52-27-35(33-13-17-39-41(25-33)63-31-61-39)47(37(52)15-19-45(56)57)49(60)65-48-36(34-14-18-40-42(26-34)64-32-62-40)28-53(38(48)16-20-46(58)59)30-44(55)51(23-11-7-3)24-12-8-4/h13-20,25-26,35-38,47-48H,5-12,21-24,27-32H2,1-4H3,(H,56,57)(H,58,59)/b19-15+,20-16+. The maximum atomic E-state index is 15.4. The van der Waals surface area contributed by atoms with Crippen LogP contribution in [-0.4, -0.2) is 144 Å². The lowest BCUT2D eigenvalue weighted by atomic mass is 9.84. The summed E-state index contributed by atoms with van der Waals surface area (Å²) in [4.78, 5) is 75.5. The SMILES string of the molecule is CCCCN(CCCC)C(=O)CN1CC(c2ccc3c(c2)OCO3)C(OC(=O)C2C(c3ccc4c(c3)OCO4)CN(CC(=O)N(CCCC)CCCC)C2/C=C/C(=O)O)C1/C=C/C(=O)O. The average Bonchev–Trinajstić information content (AvgIpc) is 4.10. The van der Waals surface area contributed by atoms with Crippen molar-refractivity contribution in [2.45, 2.75) is 109 Å². The highest BCUT2D eigenvalue weighted by atomic mass is 16.7. The molecule has 2 aromatic carbocycles. The quantitative estimate of drug-likeness (QED) is 0.0917. The molecule has 4 aliphatic heterocycles. The number of nitrogens with zero attached hydrogens (tertiary/aromatic N) is 4. The number of carboxylic acid groups (broad SMARTS) is 2. The maximum absolute atomic E-state index is 15.4. The van der Waals surface area contributed by atoms with E-state index in [1.54, 1.807) is 12.1 Å². The number of hydrogen-bond donors (Lipinski definition) is 2. The molecule has 4 aliphatic rings. The monoisotopic (exact) mass is 902 g/mol. The van der Waals surface area contributed by atoms with Crippen LogP contribution in [0.4, 0.5) is 0 Å².